The summed E-state index contributed by atoms with van der Waals surface area (Å²) >= 11 is 1.83. The molecule has 0 aromatic carbocycles. The maximum absolute atomic E-state index is 6.44. The van der Waals surface area contributed by atoms with Gasteiger partial charge in [-0.3, -0.25) is 0 Å². The van der Waals surface area contributed by atoms with Crippen molar-refractivity contribution in [3.63, 3.8) is 0 Å². The van der Waals surface area contributed by atoms with Gasteiger partial charge in [0.1, 0.15) is 17.3 Å². The first-order chi connectivity index (χ1) is 12.7. The van der Waals surface area contributed by atoms with Crippen molar-refractivity contribution in [2.24, 2.45) is 0 Å². The van der Waals surface area contributed by atoms with Gasteiger partial charge in [-0.2, -0.15) is 0 Å². The van der Waals surface area contributed by atoms with Gasteiger partial charge in [0.2, 0.25) is 5.88 Å². The third kappa shape index (κ3) is 3.47. The van der Waals surface area contributed by atoms with Crippen LogP contribution in [0.3, 0.4) is 0 Å². The zero-order valence-corrected chi connectivity index (χ0v) is 16.8. The number of rotatable bonds is 6. The Morgan fingerprint density at radius 2 is 1.96 bits per heavy atom. The van der Waals surface area contributed by atoms with Crippen LogP contribution in [0.25, 0.3) is 10.2 Å². The molecule has 1 unspecified atom stereocenters. The molecule has 142 valence electrons. The second-order valence-corrected chi connectivity index (χ2v) is 8.91. The van der Waals surface area contributed by atoms with Gasteiger partial charge in [-0.1, -0.05) is 0 Å². The lowest BCUT2D eigenvalue weighted by Gasteiger charge is -2.32. The van der Waals surface area contributed by atoms with E-state index in [9.17, 15) is 0 Å². The van der Waals surface area contributed by atoms with Gasteiger partial charge in [0.25, 0.3) is 0 Å². The number of hydrogen-bond acceptors (Lipinski definition) is 6. The number of hydrogen-bond donors (Lipinski definition) is 0. The van der Waals surface area contributed by atoms with E-state index >= 15 is 0 Å². The Hall–Kier alpha value is -1.24. The predicted molar refractivity (Wildman–Crippen MR) is 105 cm³/mol. The molecule has 1 saturated carbocycles. The summed E-state index contributed by atoms with van der Waals surface area (Å²) < 4.78 is 11.8. The van der Waals surface area contributed by atoms with Crippen LogP contribution in [0.2, 0.25) is 0 Å². The largest absolute Gasteiger partial charge is 0.474 e. The van der Waals surface area contributed by atoms with Crippen molar-refractivity contribution in [3.05, 3.63) is 16.8 Å². The van der Waals surface area contributed by atoms with Crippen LogP contribution >= 0.6 is 11.3 Å². The van der Waals surface area contributed by atoms with Gasteiger partial charge in [-0.25, -0.2) is 9.97 Å². The molecule has 0 saturated heterocycles. The van der Waals surface area contributed by atoms with Crippen LogP contribution in [0.1, 0.15) is 54.9 Å². The zero-order chi connectivity index (χ0) is 18.1. The van der Waals surface area contributed by atoms with Gasteiger partial charge in [-0.15, -0.1) is 11.3 Å². The van der Waals surface area contributed by atoms with E-state index in [1.165, 1.54) is 35.1 Å². The average Bonchev–Trinajstić information content (AvgIpc) is 3.20. The van der Waals surface area contributed by atoms with Crippen molar-refractivity contribution in [3.8, 4) is 5.88 Å². The van der Waals surface area contributed by atoms with Gasteiger partial charge in [0.05, 0.1) is 5.39 Å². The first-order valence-corrected chi connectivity index (χ1v) is 10.6. The topological polar surface area (TPSA) is 47.5 Å². The summed E-state index contributed by atoms with van der Waals surface area (Å²) in [6, 6.07) is 0.684. The lowest BCUT2D eigenvalue weighted by Crippen LogP contribution is -2.35. The van der Waals surface area contributed by atoms with Crippen LogP contribution in [-0.2, 0) is 11.2 Å². The van der Waals surface area contributed by atoms with Gasteiger partial charge >= 0.3 is 0 Å². The molecule has 0 amide bonds. The fraction of sp³-hybridized carbons (Fsp3) is 0.700. The third-order valence-electron chi connectivity index (χ3n) is 6.02. The van der Waals surface area contributed by atoms with E-state index in [2.05, 4.69) is 29.0 Å². The molecule has 1 fully saturated rings. The monoisotopic (exact) mass is 375 g/mol. The first kappa shape index (κ1) is 18.1. The molecule has 6 heteroatoms. The summed E-state index contributed by atoms with van der Waals surface area (Å²) in [6.07, 6.45) is 9.98. The maximum atomic E-state index is 6.44. The number of methoxy groups -OCH3 is 1. The Bertz CT molecular complexity index is 753. The minimum absolute atomic E-state index is 0.277. The molecular weight excluding hydrogens is 346 g/mol. The number of nitrogens with zero attached hydrogens (tertiary/aromatic N) is 3. The normalized spacial score (nSPS) is 25.8. The summed E-state index contributed by atoms with van der Waals surface area (Å²) in [7, 11) is 6.13. The molecule has 2 heterocycles. The summed E-state index contributed by atoms with van der Waals surface area (Å²) in [5.74, 6) is 1.36. The van der Waals surface area contributed by atoms with Gasteiger partial charge in [-0.05, 0) is 70.5 Å². The highest BCUT2D eigenvalue weighted by Gasteiger charge is 2.31. The molecule has 2 aliphatic carbocycles. The van der Waals surface area contributed by atoms with Crippen molar-refractivity contribution >= 4 is 21.6 Å². The van der Waals surface area contributed by atoms with Crippen molar-refractivity contribution in [2.75, 3.05) is 27.8 Å². The Labute approximate surface area is 159 Å². The molecule has 4 rings (SSSR count). The Morgan fingerprint density at radius 3 is 2.69 bits per heavy atom. The SMILES string of the molecule is COCCC1CCc2sc3ncnc(OC4CCC(N(C)C)CC4)c3c21. The molecule has 2 aliphatic rings. The molecule has 26 heavy (non-hydrogen) atoms. The molecule has 1 atom stereocenters. The number of aromatic nitrogens is 2. The van der Waals surface area contributed by atoms with Crippen LogP contribution in [-0.4, -0.2) is 54.8 Å². The number of ether oxygens (including phenoxy) is 2. The highest BCUT2D eigenvalue weighted by Crippen LogP contribution is 2.47. The Morgan fingerprint density at radius 1 is 1.15 bits per heavy atom. The van der Waals surface area contributed by atoms with Crippen LogP contribution < -0.4 is 4.74 Å². The second-order valence-electron chi connectivity index (χ2n) is 7.83. The lowest BCUT2D eigenvalue weighted by atomic mass is 9.92. The molecule has 0 N–H and O–H groups in total. The molecule has 0 radical (unpaired) electrons. The lowest BCUT2D eigenvalue weighted by molar-refractivity contribution is 0.108. The second kappa shape index (κ2) is 7.79. The number of aryl methyl sites for hydroxylation is 1. The van der Waals surface area contributed by atoms with E-state index in [4.69, 9.17) is 9.47 Å². The van der Waals surface area contributed by atoms with Crippen LogP contribution in [0.4, 0.5) is 0 Å². The minimum atomic E-state index is 0.277. The molecule has 2 aromatic heterocycles. The number of fused-ring (bicyclic) bond motifs is 3. The molecule has 0 spiro atoms. The van der Waals surface area contributed by atoms with E-state index in [1.807, 2.05) is 11.3 Å². The van der Waals surface area contributed by atoms with Crippen LogP contribution in [0, 0.1) is 0 Å². The molecule has 5 nitrogen and oxygen atoms in total. The zero-order valence-electron chi connectivity index (χ0n) is 16.0. The molecule has 2 aromatic rings. The van der Waals surface area contributed by atoms with E-state index in [0.717, 1.165) is 43.0 Å². The number of thiophene rings is 1. The standard InChI is InChI=1S/C20H29N3O2S/c1-23(2)14-5-7-15(8-6-14)25-19-18-17-13(10-11-24-3)4-9-16(17)26-20(18)22-12-21-19/h12-15H,4-11H2,1-3H3. The van der Waals surface area contributed by atoms with E-state index in [-0.39, 0.29) is 6.10 Å². The van der Waals surface area contributed by atoms with Crippen LogP contribution in [0.15, 0.2) is 6.33 Å². The van der Waals surface area contributed by atoms with E-state index in [1.54, 1.807) is 13.4 Å². The first-order valence-electron chi connectivity index (χ1n) is 9.75. The van der Waals surface area contributed by atoms with E-state index in [0.29, 0.717) is 12.0 Å². The minimum Gasteiger partial charge on any atom is -0.474 e. The summed E-state index contributed by atoms with van der Waals surface area (Å²) in [5, 5.41) is 1.18. The molecule has 0 aliphatic heterocycles. The Balaban J connectivity index is 1.56. The highest BCUT2D eigenvalue weighted by atomic mass is 32.1. The Kier molecular flexibility index (Phi) is 5.43. The van der Waals surface area contributed by atoms with Gasteiger partial charge in [0.15, 0.2) is 0 Å². The maximum Gasteiger partial charge on any atom is 0.225 e. The van der Waals surface area contributed by atoms with Crippen molar-refractivity contribution in [2.45, 2.75) is 63.0 Å². The van der Waals surface area contributed by atoms with E-state index < -0.39 is 0 Å². The fourth-order valence-electron chi connectivity index (χ4n) is 4.52. The van der Waals surface area contributed by atoms with Crippen molar-refractivity contribution < 1.29 is 9.47 Å². The fourth-order valence-corrected chi connectivity index (χ4v) is 5.75. The predicted octanol–water partition coefficient (Wildman–Crippen LogP) is 4.01. The third-order valence-corrected chi connectivity index (χ3v) is 7.19. The molecule has 0 bridgehead atoms. The molecular formula is C20H29N3O2S. The quantitative estimate of drug-likeness (QED) is 0.763. The smallest absolute Gasteiger partial charge is 0.225 e. The summed E-state index contributed by atoms with van der Waals surface area (Å²) in [6.45, 7) is 0.805. The van der Waals surface area contributed by atoms with Crippen LogP contribution in [0.5, 0.6) is 5.88 Å². The van der Waals surface area contributed by atoms with Gasteiger partial charge in [0, 0.05) is 24.6 Å². The highest BCUT2D eigenvalue weighted by molar-refractivity contribution is 7.19. The summed E-state index contributed by atoms with van der Waals surface area (Å²) in [4.78, 5) is 14.0. The summed E-state index contributed by atoms with van der Waals surface area (Å²) in [5.41, 5.74) is 1.44. The average molecular weight is 376 g/mol. The van der Waals surface area contributed by atoms with Crippen molar-refractivity contribution in [1.29, 1.82) is 0 Å². The van der Waals surface area contributed by atoms with Crippen molar-refractivity contribution in [1.82, 2.24) is 14.9 Å². The van der Waals surface area contributed by atoms with Gasteiger partial charge < -0.3 is 14.4 Å².